The second-order valence-corrected chi connectivity index (χ2v) is 7.22. The molecule has 0 aliphatic carbocycles. The maximum absolute atomic E-state index is 12.6. The lowest BCUT2D eigenvalue weighted by Crippen LogP contribution is -2.39. The summed E-state index contributed by atoms with van der Waals surface area (Å²) in [7, 11) is 0. The summed E-state index contributed by atoms with van der Waals surface area (Å²) >= 11 is 0. The maximum atomic E-state index is 12.6. The van der Waals surface area contributed by atoms with Crippen molar-refractivity contribution in [3.05, 3.63) is 60.4 Å². The number of carbonyl (C=O) groups excluding carboxylic acids is 1. The van der Waals surface area contributed by atoms with E-state index in [9.17, 15) is 4.79 Å². The number of carbonyl (C=O) groups is 1. The van der Waals surface area contributed by atoms with Crippen LogP contribution in [0, 0.1) is 5.92 Å². The second kappa shape index (κ2) is 8.89. The van der Waals surface area contributed by atoms with Gasteiger partial charge in [-0.1, -0.05) is 30.3 Å². The Labute approximate surface area is 164 Å². The van der Waals surface area contributed by atoms with E-state index < -0.39 is 0 Å². The van der Waals surface area contributed by atoms with E-state index in [0.717, 1.165) is 42.1 Å². The molecular weight excluding hydrogens is 352 g/mol. The van der Waals surface area contributed by atoms with Crippen molar-refractivity contribution < 1.29 is 9.53 Å². The molecule has 0 radical (unpaired) electrons. The molecule has 1 saturated heterocycles. The predicted octanol–water partition coefficient (Wildman–Crippen LogP) is 2.73. The van der Waals surface area contributed by atoms with Gasteiger partial charge in [0.25, 0.3) is 0 Å². The Morgan fingerprint density at radius 1 is 1.18 bits per heavy atom. The van der Waals surface area contributed by atoms with E-state index in [4.69, 9.17) is 4.74 Å². The largest absolute Gasteiger partial charge is 0.486 e. The summed E-state index contributed by atoms with van der Waals surface area (Å²) in [6, 6.07) is 17.5. The quantitative estimate of drug-likeness (QED) is 0.663. The van der Waals surface area contributed by atoms with E-state index in [1.165, 1.54) is 6.42 Å². The van der Waals surface area contributed by atoms with Crippen LogP contribution in [0.25, 0.3) is 11.0 Å². The van der Waals surface area contributed by atoms with Crippen LogP contribution in [-0.2, 0) is 17.9 Å². The average Bonchev–Trinajstić information content (AvgIpc) is 3.10. The monoisotopic (exact) mass is 378 g/mol. The number of piperidine rings is 1. The van der Waals surface area contributed by atoms with Gasteiger partial charge in [0.05, 0.1) is 11.0 Å². The van der Waals surface area contributed by atoms with E-state index in [1.54, 1.807) is 0 Å². The molecule has 1 unspecified atom stereocenters. The summed E-state index contributed by atoms with van der Waals surface area (Å²) in [5.74, 6) is 2.06. The number of nitrogens with one attached hydrogen (secondary N) is 2. The average molecular weight is 378 g/mol. The highest BCUT2D eigenvalue weighted by Crippen LogP contribution is 2.18. The number of fused-ring (bicyclic) bond motifs is 1. The molecule has 146 valence electrons. The van der Waals surface area contributed by atoms with Crippen LogP contribution in [0.3, 0.4) is 0 Å². The predicted molar refractivity (Wildman–Crippen MR) is 109 cm³/mol. The Kier molecular flexibility index (Phi) is 5.87. The van der Waals surface area contributed by atoms with Gasteiger partial charge in [-0.25, -0.2) is 4.98 Å². The van der Waals surface area contributed by atoms with Gasteiger partial charge < -0.3 is 19.9 Å². The molecule has 1 aliphatic heterocycles. The number of rotatable bonds is 7. The molecule has 2 aromatic carbocycles. The molecule has 0 bridgehead atoms. The van der Waals surface area contributed by atoms with E-state index in [1.807, 2.05) is 59.2 Å². The fourth-order valence-corrected chi connectivity index (χ4v) is 3.63. The third-order valence-corrected chi connectivity index (χ3v) is 5.13. The van der Waals surface area contributed by atoms with E-state index in [0.29, 0.717) is 19.1 Å². The maximum Gasteiger partial charge on any atom is 0.240 e. The molecule has 0 spiro atoms. The topological polar surface area (TPSA) is 68.2 Å². The van der Waals surface area contributed by atoms with Crippen molar-refractivity contribution in [3.63, 3.8) is 0 Å². The minimum atomic E-state index is 0.00897. The molecule has 28 heavy (non-hydrogen) atoms. The molecular formula is C22H26N4O2. The van der Waals surface area contributed by atoms with Crippen molar-refractivity contribution >= 4 is 16.9 Å². The van der Waals surface area contributed by atoms with Crippen LogP contribution in [0.5, 0.6) is 5.75 Å². The van der Waals surface area contributed by atoms with Crippen molar-refractivity contribution in [2.24, 2.45) is 5.92 Å². The summed E-state index contributed by atoms with van der Waals surface area (Å²) in [5.41, 5.74) is 1.82. The molecule has 0 saturated carbocycles. The summed E-state index contributed by atoms with van der Waals surface area (Å²) in [6.45, 7) is 3.33. The lowest BCUT2D eigenvalue weighted by Gasteiger charge is -2.23. The van der Waals surface area contributed by atoms with Crippen molar-refractivity contribution in [2.45, 2.75) is 26.0 Å². The zero-order valence-corrected chi connectivity index (χ0v) is 15.9. The van der Waals surface area contributed by atoms with Crippen LogP contribution in [0.4, 0.5) is 0 Å². The Morgan fingerprint density at radius 2 is 2.00 bits per heavy atom. The molecule has 1 amide bonds. The minimum absolute atomic E-state index is 0.00897. The minimum Gasteiger partial charge on any atom is -0.486 e. The van der Waals surface area contributed by atoms with Crippen molar-refractivity contribution in [1.29, 1.82) is 0 Å². The number of hydrogen-bond acceptors (Lipinski definition) is 4. The Morgan fingerprint density at radius 3 is 2.82 bits per heavy atom. The summed E-state index contributed by atoms with van der Waals surface area (Å²) in [6.07, 6.45) is 2.34. The molecule has 3 aromatic rings. The second-order valence-electron chi connectivity index (χ2n) is 7.22. The van der Waals surface area contributed by atoms with E-state index in [2.05, 4.69) is 15.6 Å². The molecule has 6 heteroatoms. The standard InChI is InChI=1S/C22H26N4O2/c27-22(24-14-17-7-6-12-23-13-17)15-26-20-11-5-4-10-19(20)25-21(26)16-28-18-8-2-1-3-9-18/h1-5,8-11,17,23H,6-7,12-16H2,(H,24,27). The summed E-state index contributed by atoms with van der Waals surface area (Å²) in [5, 5.41) is 6.47. The van der Waals surface area contributed by atoms with Crippen LogP contribution >= 0.6 is 0 Å². The molecule has 2 N–H and O–H groups in total. The van der Waals surface area contributed by atoms with Gasteiger partial charge >= 0.3 is 0 Å². The van der Waals surface area contributed by atoms with Gasteiger partial charge in [0.1, 0.15) is 24.7 Å². The normalized spacial score (nSPS) is 16.8. The molecule has 1 aliphatic rings. The third-order valence-electron chi connectivity index (χ3n) is 5.13. The first-order valence-corrected chi connectivity index (χ1v) is 9.89. The van der Waals surface area contributed by atoms with Crippen molar-refractivity contribution in [2.75, 3.05) is 19.6 Å². The number of benzene rings is 2. The molecule has 1 atom stereocenters. The first-order valence-electron chi connectivity index (χ1n) is 9.89. The first-order chi connectivity index (χ1) is 13.8. The van der Waals surface area contributed by atoms with Gasteiger partial charge in [0, 0.05) is 6.54 Å². The van der Waals surface area contributed by atoms with Gasteiger partial charge in [-0.15, -0.1) is 0 Å². The van der Waals surface area contributed by atoms with Crippen molar-refractivity contribution in [1.82, 2.24) is 20.2 Å². The number of imidazole rings is 1. The molecule has 6 nitrogen and oxygen atoms in total. The first kappa shape index (κ1) is 18.5. The number of nitrogens with zero attached hydrogens (tertiary/aromatic N) is 2. The number of ether oxygens (including phenoxy) is 1. The van der Waals surface area contributed by atoms with E-state index >= 15 is 0 Å². The van der Waals surface area contributed by atoms with Crippen LogP contribution < -0.4 is 15.4 Å². The Balaban J connectivity index is 1.45. The fourth-order valence-electron chi connectivity index (χ4n) is 3.63. The van der Waals surface area contributed by atoms with Crippen molar-refractivity contribution in [3.8, 4) is 5.75 Å². The Bertz CT molecular complexity index is 917. The smallest absolute Gasteiger partial charge is 0.240 e. The highest BCUT2D eigenvalue weighted by atomic mass is 16.5. The highest BCUT2D eigenvalue weighted by molar-refractivity contribution is 5.81. The zero-order valence-electron chi connectivity index (χ0n) is 15.9. The summed E-state index contributed by atoms with van der Waals surface area (Å²) in [4.78, 5) is 17.3. The third kappa shape index (κ3) is 4.51. The SMILES string of the molecule is O=C(Cn1c(COc2ccccc2)nc2ccccc21)NCC1CCCNC1. The lowest BCUT2D eigenvalue weighted by atomic mass is 10.00. The molecule has 2 heterocycles. The highest BCUT2D eigenvalue weighted by Gasteiger charge is 2.17. The van der Waals surface area contributed by atoms with E-state index in [-0.39, 0.29) is 12.5 Å². The van der Waals surface area contributed by atoms with Gasteiger partial charge in [0.2, 0.25) is 5.91 Å². The van der Waals surface area contributed by atoms with Gasteiger partial charge in [-0.05, 0) is 56.1 Å². The van der Waals surface area contributed by atoms with Gasteiger partial charge in [-0.3, -0.25) is 4.79 Å². The molecule has 1 aromatic heterocycles. The Hall–Kier alpha value is -2.86. The number of aromatic nitrogens is 2. The number of hydrogen-bond donors (Lipinski definition) is 2. The summed E-state index contributed by atoms with van der Waals surface area (Å²) < 4.78 is 7.83. The van der Waals surface area contributed by atoms with Crippen LogP contribution in [0.15, 0.2) is 54.6 Å². The van der Waals surface area contributed by atoms with Crippen LogP contribution in [-0.4, -0.2) is 35.1 Å². The zero-order chi connectivity index (χ0) is 19.2. The van der Waals surface area contributed by atoms with Crippen LogP contribution in [0.1, 0.15) is 18.7 Å². The number of para-hydroxylation sites is 3. The lowest BCUT2D eigenvalue weighted by molar-refractivity contribution is -0.121. The van der Waals surface area contributed by atoms with Gasteiger partial charge in [-0.2, -0.15) is 0 Å². The van der Waals surface area contributed by atoms with Crippen LogP contribution in [0.2, 0.25) is 0 Å². The molecule has 4 rings (SSSR count). The fraction of sp³-hybridized carbons (Fsp3) is 0.364. The number of amides is 1. The van der Waals surface area contributed by atoms with Gasteiger partial charge in [0.15, 0.2) is 0 Å². The molecule has 1 fully saturated rings.